The van der Waals surface area contributed by atoms with Crippen LogP contribution in [0.15, 0.2) is 0 Å². The summed E-state index contributed by atoms with van der Waals surface area (Å²) in [6, 6.07) is -0.409. The van der Waals surface area contributed by atoms with Gasteiger partial charge in [-0.05, 0) is 6.92 Å². The summed E-state index contributed by atoms with van der Waals surface area (Å²) in [5.41, 5.74) is 5.15. The Morgan fingerprint density at radius 1 is 1.60 bits per heavy atom. The fraction of sp³-hybridized carbons (Fsp3) is 0.625. The lowest BCUT2D eigenvalue weighted by Gasteiger charge is -2.22. The van der Waals surface area contributed by atoms with Gasteiger partial charge in [0.05, 0.1) is 24.2 Å². The quantitative estimate of drug-likeness (QED) is 0.394. The molecule has 0 fully saturated rings. The van der Waals surface area contributed by atoms with Gasteiger partial charge in [-0.2, -0.15) is 0 Å². The number of carbonyl (C=O) groups is 2. The van der Waals surface area contributed by atoms with Crippen LogP contribution in [0, 0.1) is 0 Å². The van der Waals surface area contributed by atoms with Gasteiger partial charge in [0, 0.05) is 7.05 Å². The van der Waals surface area contributed by atoms with Crippen molar-refractivity contribution in [3.63, 3.8) is 0 Å². The van der Waals surface area contributed by atoms with Crippen molar-refractivity contribution in [2.45, 2.75) is 13.0 Å². The number of rotatable bonds is 4. The molecule has 6 nitrogen and oxygen atoms in total. The lowest BCUT2D eigenvalue weighted by atomic mass is 10.3. The average molecular weight is 233 g/mol. The Hall–Kier alpha value is -1.21. The van der Waals surface area contributed by atoms with Gasteiger partial charge < -0.3 is 21.1 Å². The SMILES string of the molecule is CC(CO)N(C)C(=O)C(=O)NCC(N)=S. The molecule has 0 heterocycles. The third-order valence-electron chi connectivity index (χ3n) is 1.86. The molecule has 1 unspecified atom stereocenters. The van der Waals surface area contributed by atoms with E-state index in [4.69, 9.17) is 10.8 Å². The van der Waals surface area contributed by atoms with Crippen LogP contribution in [-0.2, 0) is 9.59 Å². The van der Waals surface area contributed by atoms with Gasteiger partial charge in [-0.1, -0.05) is 12.2 Å². The number of thiocarbonyl (C=S) groups is 1. The minimum atomic E-state index is -0.786. The van der Waals surface area contributed by atoms with Gasteiger partial charge in [0.2, 0.25) is 0 Å². The molecule has 15 heavy (non-hydrogen) atoms. The third-order valence-corrected chi connectivity index (χ3v) is 2.01. The number of aliphatic hydroxyl groups excluding tert-OH is 1. The summed E-state index contributed by atoms with van der Waals surface area (Å²) in [4.78, 5) is 23.8. The smallest absolute Gasteiger partial charge is 0.311 e. The predicted octanol–water partition coefficient (Wildman–Crippen LogP) is -1.77. The second-order valence-corrected chi connectivity index (χ2v) is 3.62. The van der Waals surface area contributed by atoms with Gasteiger partial charge in [-0.25, -0.2) is 0 Å². The number of hydrogen-bond donors (Lipinski definition) is 3. The molecule has 0 aliphatic carbocycles. The lowest BCUT2D eigenvalue weighted by molar-refractivity contribution is -0.146. The molecule has 86 valence electrons. The molecule has 7 heteroatoms. The van der Waals surface area contributed by atoms with Crippen molar-refractivity contribution < 1.29 is 14.7 Å². The zero-order chi connectivity index (χ0) is 12.0. The van der Waals surface area contributed by atoms with E-state index in [0.717, 1.165) is 4.90 Å². The van der Waals surface area contributed by atoms with Gasteiger partial charge in [0.15, 0.2) is 0 Å². The van der Waals surface area contributed by atoms with Crippen molar-refractivity contribution in [1.82, 2.24) is 10.2 Å². The maximum absolute atomic E-state index is 11.4. The Balaban J connectivity index is 4.20. The highest BCUT2D eigenvalue weighted by atomic mass is 32.1. The van der Waals surface area contributed by atoms with Crippen molar-refractivity contribution in [3.8, 4) is 0 Å². The van der Waals surface area contributed by atoms with Crippen molar-refractivity contribution >= 4 is 29.0 Å². The van der Waals surface area contributed by atoms with Crippen LogP contribution in [0.2, 0.25) is 0 Å². The molecule has 0 saturated carbocycles. The second kappa shape index (κ2) is 6.31. The fourth-order valence-corrected chi connectivity index (χ4v) is 0.798. The number of nitrogens with one attached hydrogen (secondary N) is 1. The van der Waals surface area contributed by atoms with E-state index >= 15 is 0 Å². The fourth-order valence-electron chi connectivity index (χ4n) is 0.726. The average Bonchev–Trinajstić information content (AvgIpc) is 2.22. The summed E-state index contributed by atoms with van der Waals surface area (Å²) in [5.74, 6) is -1.52. The van der Waals surface area contributed by atoms with Gasteiger partial charge in [0.1, 0.15) is 0 Å². The summed E-state index contributed by atoms with van der Waals surface area (Å²) in [6.07, 6.45) is 0. The summed E-state index contributed by atoms with van der Waals surface area (Å²) in [6.45, 7) is 1.41. The molecular formula is C8H15N3O3S. The Kier molecular flexibility index (Phi) is 5.80. The van der Waals surface area contributed by atoms with Gasteiger partial charge >= 0.3 is 11.8 Å². The van der Waals surface area contributed by atoms with E-state index in [0.29, 0.717) is 0 Å². The van der Waals surface area contributed by atoms with Crippen molar-refractivity contribution in [1.29, 1.82) is 0 Å². The summed E-state index contributed by atoms with van der Waals surface area (Å²) in [5, 5.41) is 11.1. The van der Waals surface area contributed by atoms with Gasteiger partial charge in [-0.15, -0.1) is 0 Å². The molecule has 0 aliphatic rings. The first kappa shape index (κ1) is 13.8. The third kappa shape index (κ3) is 4.71. The highest BCUT2D eigenvalue weighted by molar-refractivity contribution is 7.80. The summed E-state index contributed by atoms with van der Waals surface area (Å²) < 4.78 is 0. The molecule has 0 aromatic carbocycles. The molecule has 1 atom stereocenters. The number of aliphatic hydroxyl groups is 1. The molecule has 2 amide bonds. The van der Waals surface area contributed by atoms with Crippen LogP contribution in [0.3, 0.4) is 0 Å². The van der Waals surface area contributed by atoms with Crippen LogP contribution in [0.5, 0.6) is 0 Å². The standard InChI is InChI=1S/C8H15N3O3S/c1-5(4-12)11(2)8(14)7(13)10-3-6(9)15/h5,12H,3-4H2,1-2H3,(H2,9,15)(H,10,13). The summed E-state index contributed by atoms with van der Waals surface area (Å²) in [7, 11) is 1.43. The van der Waals surface area contributed by atoms with E-state index in [1.807, 2.05) is 0 Å². The topological polar surface area (TPSA) is 95.7 Å². The van der Waals surface area contributed by atoms with Crippen LogP contribution >= 0.6 is 12.2 Å². The highest BCUT2D eigenvalue weighted by Gasteiger charge is 2.21. The molecule has 0 rings (SSSR count). The van der Waals surface area contributed by atoms with Crippen LogP contribution < -0.4 is 11.1 Å². The van der Waals surface area contributed by atoms with Crippen molar-refractivity contribution in [2.75, 3.05) is 20.2 Å². The number of carbonyl (C=O) groups excluding carboxylic acids is 2. The first-order chi connectivity index (χ1) is 6.90. The van der Waals surface area contributed by atoms with E-state index in [9.17, 15) is 9.59 Å². The molecule has 0 aromatic rings. The van der Waals surface area contributed by atoms with Crippen LogP contribution in [0.25, 0.3) is 0 Å². The Bertz CT molecular complexity index is 270. The first-order valence-electron chi connectivity index (χ1n) is 4.34. The van der Waals surface area contributed by atoms with Crippen molar-refractivity contribution in [2.24, 2.45) is 5.73 Å². The molecule has 0 aromatic heterocycles. The molecule has 0 bridgehead atoms. The zero-order valence-corrected chi connectivity index (χ0v) is 9.50. The number of amides is 2. The first-order valence-corrected chi connectivity index (χ1v) is 4.75. The minimum absolute atomic E-state index is 0.0126. The molecule has 0 spiro atoms. The van der Waals surface area contributed by atoms with Crippen LogP contribution in [0.4, 0.5) is 0 Å². The predicted molar refractivity (Wildman–Crippen MR) is 59.1 cm³/mol. The van der Waals surface area contributed by atoms with E-state index in [1.54, 1.807) is 6.92 Å². The molecule has 0 radical (unpaired) electrons. The zero-order valence-electron chi connectivity index (χ0n) is 8.69. The molecule has 0 saturated heterocycles. The molecule has 0 aliphatic heterocycles. The Labute approximate surface area is 93.4 Å². The lowest BCUT2D eigenvalue weighted by Crippen LogP contribution is -2.47. The monoisotopic (exact) mass is 233 g/mol. The number of likely N-dealkylation sites (N-methyl/N-ethyl adjacent to an activating group) is 1. The minimum Gasteiger partial charge on any atom is -0.394 e. The molecular weight excluding hydrogens is 218 g/mol. The van der Waals surface area contributed by atoms with E-state index in [1.165, 1.54) is 7.05 Å². The second-order valence-electron chi connectivity index (χ2n) is 3.10. The normalized spacial score (nSPS) is 11.7. The van der Waals surface area contributed by atoms with Crippen LogP contribution in [0.1, 0.15) is 6.92 Å². The number of nitrogens with two attached hydrogens (primary N) is 1. The highest BCUT2D eigenvalue weighted by Crippen LogP contribution is 1.94. The van der Waals surface area contributed by atoms with Crippen LogP contribution in [-0.4, -0.2) is 53.1 Å². The Morgan fingerprint density at radius 2 is 2.13 bits per heavy atom. The van der Waals surface area contributed by atoms with Gasteiger partial charge in [-0.3, -0.25) is 9.59 Å². The van der Waals surface area contributed by atoms with E-state index in [-0.39, 0.29) is 18.1 Å². The number of hydrogen-bond acceptors (Lipinski definition) is 4. The van der Waals surface area contributed by atoms with Gasteiger partial charge in [0.25, 0.3) is 0 Å². The van der Waals surface area contributed by atoms with E-state index < -0.39 is 17.9 Å². The Morgan fingerprint density at radius 3 is 2.53 bits per heavy atom. The van der Waals surface area contributed by atoms with E-state index in [2.05, 4.69) is 17.5 Å². The largest absolute Gasteiger partial charge is 0.394 e. The maximum Gasteiger partial charge on any atom is 0.311 e. The van der Waals surface area contributed by atoms with Crippen molar-refractivity contribution in [3.05, 3.63) is 0 Å². The maximum atomic E-state index is 11.4. The summed E-state index contributed by atoms with van der Waals surface area (Å²) >= 11 is 4.54. The number of nitrogens with zero attached hydrogens (tertiary/aromatic N) is 1. The molecule has 4 N–H and O–H groups in total.